The van der Waals surface area contributed by atoms with Crippen LogP contribution in [0.15, 0.2) is 48.5 Å². The number of fused-ring (bicyclic) bond motifs is 5. The van der Waals surface area contributed by atoms with Crippen molar-refractivity contribution in [2.75, 3.05) is 0 Å². The third kappa shape index (κ3) is 2.95. The molecule has 0 aromatic heterocycles. The monoisotopic (exact) mass is 388 g/mol. The van der Waals surface area contributed by atoms with E-state index in [9.17, 15) is 10.2 Å². The molecular weight excluding hydrogens is 356 g/mol. The van der Waals surface area contributed by atoms with Gasteiger partial charge in [0.1, 0.15) is 5.75 Å². The minimum absolute atomic E-state index is 0.0527. The van der Waals surface area contributed by atoms with Crippen LogP contribution >= 0.6 is 0 Å². The zero-order chi connectivity index (χ0) is 20.2. The number of hydrogen-bond donors (Lipinski definition) is 2. The van der Waals surface area contributed by atoms with Gasteiger partial charge in [0.2, 0.25) is 0 Å². The Morgan fingerprint density at radius 3 is 2.72 bits per heavy atom. The Morgan fingerprint density at radius 2 is 1.90 bits per heavy atom. The first-order valence-corrected chi connectivity index (χ1v) is 11.2. The molecule has 0 heterocycles. The van der Waals surface area contributed by atoms with Crippen molar-refractivity contribution in [2.45, 2.75) is 63.9 Å². The molecule has 3 aliphatic carbocycles. The minimum atomic E-state index is -0.721. The summed E-state index contributed by atoms with van der Waals surface area (Å²) >= 11 is 0. The number of aromatic hydroxyl groups is 1. The molecule has 29 heavy (non-hydrogen) atoms. The quantitative estimate of drug-likeness (QED) is 0.662. The second kappa shape index (κ2) is 6.74. The van der Waals surface area contributed by atoms with Gasteiger partial charge in [0, 0.05) is 5.41 Å². The van der Waals surface area contributed by atoms with E-state index in [1.807, 2.05) is 12.1 Å². The van der Waals surface area contributed by atoms with E-state index in [0.29, 0.717) is 23.5 Å². The summed E-state index contributed by atoms with van der Waals surface area (Å²) in [6.45, 7) is 4.45. The SMILES string of the molecule is Cc1cccc(/C=C/[C@]2(O)CC[C@H]3[C@@H]4CCc5cc(O)ccc5[C@H]4CC[C@@]32C)c1. The topological polar surface area (TPSA) is 40.5 Å². The van der Waals surface area contributed by atoms with Crippen molar-refractivity contribution >= 4 is 6.08 Å². The van der Waals surface area contributed by atoms with Crippen molar-refractivity contribution in [1.82, 2.24) is 0 Å². The lowest BCUT2D eigenvalue weighted by atomic mass is 9.53. The van der Waals surface area contributed by atoms with Gasteiger partial charge in [-0.1, -0.05) is 55.0 Å². The fourth-order valence-corrected chi connectivity index (χ4v) is 6.90. The molecule has 0 unspecified atom stereocenters. The summed E-state index contributed by atoms with van der Waals surface area (Å²) < 4.78 is 0. The number of phenols is 1. The molecular formula is C27H32O2. The summed E-state index contributed by atoms with van der Waals surface area (Å²) in [5.74, 6) is 2.18. The Balaban J connectivity index is 1.43. The average Bonchev–Trinajstić information content (AvgIpc) is 2.97. The van der Waals surface area contributed by atoms with Crippen LogP contribution in [0.3, 0.4) is 0 Å². The van der Waals surface area contributed by atoms with Crippen LogP contribution in [0, 0.1) is 24.2 Å². The van der Waals surface area contributed by atoms with Crippen LogP contribution in [0.4, 0.5) is 0 Å². The maximum atomic E-state index is 11.8. The predicted molar refractivity (Wildman–Crippen MR) is 118 cm³/mol. The van der Waals surface area contributed by atoms with E-state index in [-0.39, 0.29) is 5.41 Å². The van der Waals surface area contributed by atoms with E-state index in [1.165, 1.54) is 28.7 Å². The van der Waals surface area contributed by atoms with Gasteiger partial charge in [0.05, 0.1) is 5.60 Å². The fraction of sp³-hybridized carbons (Fsp3) is 0.481. The third-order valence-corrected chi connectivity index (χ3v) is 8.52. The molecule has 152 valence electrons. The summed E-state index contributed by atoms with van der Waals surface area (Å²) in [7, 11) is 0. The molecule has 0 bridgehead atoms. The van der Waals surface area contributed by atoms with Crippen LogP contribution in [0.2, 0.25) is 0 Å². The number of phenolic OH excluding ortho intramolecular Hbond substituents is 1. The third-order valence-electron chi connectivity index (χ3n) is 8.52. The highest BCUT2D eigenvalue weighted by atomic mass is 16.3. The first-order chi connectivity index (χ1) is 13.9. The summed E-state index contributed by atoms with van der Waals surface area (Å²) in [6.07, 6.45) is 10.6. The number of hydrogen-bond acceptors (Lipinski definition) is 2. The lowest BCUT2D eigenvalue weighted by Gasteiger charge is -2.52. The maximum Gasteiger partial charge on any atom is 0.115 e. The van der Waals surface area contributed by atoms with Gasteiger partial charge < -0.3 is 10.2 Å². The second-order valence-electron chi connectivity index (χ2n) is 9.97. The number of aliphatic hydroxyl groups is 1. The second-order valence-corrected chi connectivity index (χ2v) is 9.97. The zero-order valence-electron chi connectivity index (χ0n) is 17.6. The van der Waals surface area contributed by atoms with Crippen LogP contribution < -0.4 is 0 Å². The van der Waals surface area contributed by atoms with Crippen molar-refractivity contribution < 1.29 is 10.2 Å². The summed E-state index contributed by atoms with van der Waals surface area (Å²) in [5.41, 5.74) is 4.44. The van der Waals surface area contributed by atoms with Crippen molar-refractivity contribution in [2.24, 2.45) is 17.3 Å². The zero-order valence-corrected chi connectivity index (χ0v) is 17.6. The average molecular weight is 389 g/mol. The Labute approximate surface area is 174 Å². The van der Waals surface area contributed by atoms with E-state index in [0.717, 1.165) is 32.1 Å². The van der Waals surface area contributed by atoms with E-state index < -0.39 is 5.60 Å². The van der Waals surface area contributed by atoms with Gasteiger partial charge >= 0.3 is 0 Å². The van der Waals surface area contributed by atoms with Gasteiger partial charge in [-0.3, -0.25) is 0 Å². The molecule has 2 aromatic rings. The van der Waals surface area contributed by atoms with Crippen molar-refractivity contribution in [3.05, 3.63) is 70.8 Å². The predicted octanol–water partition coefficient (Wildman–Crippen LogP) is 6.00. The van der Waals surface area contributed by atoms with E-state index in [4.69, 9.17) is 0 Å². The molecule has 5 atom stereocenters. The van der Waals surface area contributed by atoms with Crippen LogP contribution in [0.25, 0.3) is 6.08 Å². The molecule has 0 amide bonds. The molecule has 5 rings (SSSR count). The standard InChI is InChI=1S/C27H32O2/c1-18-4-3-5-19(16-18)10-14-27(29)15-12-25-24-8-6-20-17-21(28)7-9-22(20)23(24)11-13-26(25,27)2/h3-5,7,9-10,14,16-17,23-25,28-29H,6,8,11-13,15H2,1-2H3/b14-10+/t23-,24-,25+,26+,27+/m1/s1. The van der Waals surface area contributed by atoms with Crippen molar-refractivity contribution in [1.29, 1.82) is 0 Å². The highest BCUT2D eigenvalue weighted by molar-refractivity contribution is 5.52. The van der Waals surface area contributed by atoms with Crippen molar-refractivity contribution in [3.63, 3.8) is 0 Å². The van der Waals surface area contributed by atoms with Gasteiger partial charge in [0.25, 0.3) is 0 Å². The minimum Gasteiger partial charge on any atom is -0.508 e. The Kier molecular flexibility index (Phi) is 4.40. The largest absolute Gasteiger partial charge is 0.508 e. The van der Waals surface area contributed by atoms with Crippen LogP contribution in [0.5, 0.6) is 5.75 Å². The molecule has 2 aromatic carbocycles. The van der Waals surface area contributed by atoms with Gasteiger partial charge in [-0.2, -0.15) is 0 Å². The lowest BCUT2D eigenvalue weighted by Crippen LogP contribution is -2.49. The molecule has 2 saturated carbocycles. The van der Waals surface area contributed by atoms with Gasteiger partial charge in [0.15, 0.2) is 0 Å². The number of rotatable bonds is 2. The normalized spacial score (nSPS) is 35.9. The lowest BCUT2D eigenvalue weighted by molar-refractivity contribution is -0.0705. The molecule has 3 aliphatic rings. The molecule has 2 N–H and O–H groups in total. The first kappa shape index (κ1) is 18.9. The maximum absolute atomic E-state index is 11.8. The van der Waals surface area contributed by atoms with E-state index in [2.05, 4.69) is 56.3 Å². The highest BCUT2D eigenvalue weighted by Crippen LogP contribution is 2.64. The molecule has 2 fully saturated rings. The van der Waals surface area contributed by atoms with Crippen LogP contribution in [-0.4, -0.2) is 15.8 Å². The molecule has 0 saturated heterocycles. The van der Waals surface area contributed by atoms with E-state index >= 15 is 0 Å². The summed E-state index contributed by atoms with van der Waals surface area (Å²) in [4.78, 5) is 0. The van der Waals surface area contributed by atoms with Gasteiger partial charge in [-0.25, -0.2) is 0 Å². The molecule has 0 radical (unpaired) electrons. The molecule has 2 nitrogen and oxygen atoms in total. The Hall–Kier alpha value is -2.06. The molecule has 2 heteroatoms. The van der Waals surface area contributed by atoms with Crippen LogP contribution in [0.1, 0.15) is 67.2 Å². The number of aryl methyl sites for hydroxylation is 2. The van der Waals surface area contributed by atoms with Crippen LogP contribution in [-0.2, 0) is 6.42 Å². The molecule has 0 aliphatic heterocycles. The highest BCUT2D eigenvalue weighted by Gasteiger charge is 2.60. The smallest absolute Gasteiger partial charge is 0.115 e. The Morgan fingerprint density at radius 1 is 1.03 bits per heavy atom. The summed E-state index contributed by atoms with van der Waals surface area (Å²) in [5, 5.41) is 21.7. The van der Waals surface area contributed by atoms with Crippen molar-refractivity contribution in [3.8, 4) is 5.75 Å². The van der Waals surface area contributed by atoms with Gasteiger partial charge in [-0.05, 0) is 92.0 Å². The fourth-order valence-electron chi connectivity index (χ4n) is 6.90. The first-order valence-electron chi connectivity index (χ1n) is 11.2. The summed E-state index contributed by atoms with van der Waals surface area (Å²) in [6, 6.07) is 14.5. The molecule has 0 spiro atoms. The number of benzene rings is 2. The van der Waals surface area contributed by atoms with E-state index in [1.54, 1.807) is 0 Å². The van der Waals surface area contributed by atoms with Gasteiger partial charge in [-0.15, -0.1) is 0 Å². The Bertz CT molecular complexity index is 961.